The van der Waals surface area contributed by atoms with Gasteiger partial charge in [0.25, 0.3) is 0 Å². The van der Waals surface area contributed by atoms with Gasteiger partial charge in [-0.3, -0.25) is 4.79 Å². The third-order valence-electron chi connectivity index (χ3n) is 5.28. The minimum atomic E-state index is -0.734. The number of urea groups is 1. The number of hydrogen-bond acceptors (Lipinski definition) is 2. The summed E-state index contributed by atoms with van der Waals surface area (Å²) in [5, 5.41) is 9.27. The summed E-state index contributed by atoms with van der Waals surface area (Å²) in [6, 6.07) is 0.140. The molecule has 0 radical (unpaired) electrons. The lowest BCUT2D eigenvalue weighted by Crippen LogP contribution is -2.50. The smallest absolute Gasteiger partial charge is 0.320 e. The molecule has 1 aliphatic heterocycles. The van der Waals surface area contributed by atoms with Crippen molar-refractivity contribution < 1.29 is 14.7 Å². The summed E-state index contributed by atoms with van der Waals surface area (Å²) in [6.07, 6.45) is 6.15. The molecular weight excluding hydrogens is 268 g/mol. The van der Waals surface area contributed by atoms with Crippen molar-refractivity contribution in [3.63, 3.8) is 0 Å². The Bertz CT molecular complexity index is 407. The monoisotopic (exact) mass is 294 g/mol. The Labute approximate surface area is 126 Å². The second kappa shape index (κ2) is 5.50. The fraction of sp³-hybridized carbons (Fsp3) is 0.875. The van der Waals surface area contributed by atoms with Crippen LogP contribution in [0.4, 0.5) is 4.79 Å². The van der Waals surface area contributed by atoms with E-state index in [2.05, 4.69) is 0 Å². The van der Waals surface area contributed by atoms with Gasteiger partial charge in [0.2, 0.25) is 0 Å². The molecule has 3 rings (SSSR count). The average molecular weight is 294 g/mol. The van der Waals surface area contributed by atoms with Gasteiger partial charge in [0.15, 0.2) is 0 Å². The van der Waals surface area contributed by atoms with Crippen LogP contribution in [0.25, 0.3) is 0 Å². The molecule has 0 aromatic carbocycles. The van der Waals surface area contributed by atoms with Gasteiger partial charge in [0.05, 0.1) is 5.41 Å². The predicted octanol–water partition coefficient (Wildman–Crippen LogP) is 2.42. The van der Waals surface area contributed by atoms with Crippen LogP contribution in [0.2, 0.25) is 0 Å². The lowest BCUT2D eigenvalue weighted by Gasteiger charge is -2.39. The number of hydrogen-bond donors (Lipinski definition) is 1. The first-order valence-electron chi connectivity index (χ1n) is 8.25. The van der Waals surface area contributed by atoms with Crippen LogP contribution in [0.1, 0.15) is 45.4 Å². The topological polar surface area (TPSA) is 60.9 Å². The Morgan fingerprint density at radius 1 is 1.10 bits per heavy atom. The Hall–Kier alpha value is -1.26. The molecule has 118 valence electrons. The molecule has 2 saturated carbocycles. The second-order valence-corrected chi connectivity index (χ2v) is 7.43. The first kappa shape index (κ1) is 14.7. The number of carbonyl (C=O) groups excluding carboxylic acids is 1. The Balaban J connectivity index is 1.56. The van der Waals surface area contributed by atoms with Gasteiger partial charge in [-0.05, 0) is 57.3 Å². The van der Waals surface area contributed by atoms with E-state index in [1.54, 1.807) is 6.92 Å². The van der Waals surface area contributed by atoms with Gasteiger partial charge in [0.1, 0.15) is 0 Å². The summed E-state index contributed by atoms with van der Waals surface area (Å²) >= 11 is 0. The van der Waals surface area contributed by atoms with Gasteiger partial charge in [-0.25, -0.2) is 4.79 Å². The van der Waals surface area contributed by atoms with E-state index in [0.29, 0.717) is 37.8 Å². The summed E-state index contributed by atoms with van der Waals surface area (Å²) in [5.74, 6) is 0.686. The van der Waals surface area contributed by atoms with Crippen LogP contribution in [0, 0.1) is 17.3 Å². The Kier molecular flexibility index (Phi) is 3.84. The maximum absolute atomic E-state index is 12.7. The number of nitrogens with zero attached hydrogens (tertiary/aromatic N) is 2. The fourth-order valence-electron chi connectivity index (χ4n) is 3.06. The van der Waals surface area contributed by atoms with Crippen molar-refractivity contribution in [2.75, 3.05) is 26.2 Å². The van der Waals surface area contributed by atoms with Gasteiger partial charge < -0.3 is 14.9 Å². The molecule has 3 fully saturated rings. The normalized spacial score (nSPS) is 24.7. The average Bonchev–Trinajstić information content (AvgIpc) is 3.33. The molecule has 0 spiro atoms. The van der Waals surface area contributed by atoms with Crippen LogP contribution in [0.3, 0.4) is 0 Å². The van der Waals surface area contributed by atoms with Crippen molar-refractivity contribution in [2.45, 2.75) is 45.4 Å². The van der Waals surface area contributed by atoms with E-state index in [1.165, 1.54) is 25.7 Å². The van der Waals surface area contributed by atoms with Gasteiger partial charge in [-0.2, -0.15) is 0 Å². The number of piperidine rings is 1. The second-order valence-electron chi connectivity index (χ2n) is 7.43. The summed E-state index contributed by atoms with van der Waals surface area (Å²) in [5.41, 5.74) is -0.658. The quantitative estimate of drug-likeness (QED) is 0.847. The summed E-state index contributed by atoms with van der Waals surface area (Å²) < 4.78 is 0. The van der Waals surface area contributed by atoms with Crippen molar-refractivity contribution in [3.8, 4) is 0 Å². The third kappa shape index (κ3) is 3.50. The number of carboxylic acids is 1. The van der Waals surface area contributed by atoms with Crippen LogP contribution in [-0.4, -0.2) is 53.1 Å². The highest BCUT2D eigenvalue weighted by Gasteiger charge is 2.40. The van der Waals surface area contributed by atoms with Gasteiger partial charge in [-0.15, -0.1) is 0 Å². The SMILES string of the molecule is CC1(C(=O)O)CCN(C(=O)N(CC2CC2)CC2CC2)CC1. The number of rotatable bonds is 5. The fourth-order valence-corrected chi connectivity index (χ4v) is 3.06. The molecule has 2 aliphatic carbocycles. The van der Waals surface area contributed by atoms with Gasteiger partial charge >= 0.3 is 12.0 Å². The molecule has 0 unspecified atom stereocenters. The number of aliphatic carboxylic acids is 1. The maximum Gasteiger partial charge on any atom is 0.320 e. The van der Waals surface area contributed by atoms with E-state index < -0.39 is 11.4 Å². The van der Waals surface area contributed by atoms with E-state index >= 15 is 0 Å². The van der Waals surface area contributed by atoms with E-state index in [4.69, 9.17) is 0 Å². The van der Waals surface area contributed by atoms with E-state index in [9.17, 15) is 14.7 Å². The maximum atomic E-state index is 12.7. The molecule has 0 aromatic rings. The number of likely N-dealkylation sites (tertiary alicyclic amines) is 1. The minimum absolute atomic E-state index is 0.140. The van der Waals surface area contributed by atoms with Crippen molar-refractivity contribution in [2.24, 2.45) is 17.3 Å². The van der Waals surface area contributed by atoms with Crippen molar-refractivity contribution >= 4 is 12.0 Å². The zero-order valence-electron chi connectivity index (χ0n) is 12.9. The molecule has 1 heterocycles. The minimum Gasteiger partial charge on any atom is -0.481 e. The Morgan fingerprint density at radius 3 is 1.95 bits per heavy atom. The van der Waals surface area contributed by atoms with E-state index in [0.717, 1.165) is 13.1 Å². The summed E-state index contributed by atoms with van der Waals surface area (Å²) in [4.78, 5) is 27.9. The molecule has 0 atom stereocenters. The largest absolute Gasteiger partial charge is 0.481 e. The molecule has 2 amide bonds. The first-order valence-corrected chi connectivity index (χ1v) is 8.25. The van der Waals surface area contributed by atoms with E-state index in [-0.39, 0.29) is 6.03 Å². The first-order chi connectivity index (χ1) is 9.98. The molecule has 1 saturated heterocycles. The molecule has 0 aromatic heterocycles. The zero-order chi connectivity index (χ0) is 15.0. The molecule has 21 heavy (non-hydrogen) atoms. The number of carboxylic acid groups (broad SMARTS) is 1. The number of amides is 2. The lowest BCUT2D eigenvalue weighted by molar-refractivity contribution is -0.150. The predicted molar refractivity (Wildman–Crippen MR) is 79.0 cm³/mol. The Morgan fingerprint density at radius 2 is 1.57 bits per heavy atom. The highest BCUT2D eigenvalue weighted by Crippen LogP contribution is 2.35. The molecule has 3 aliphatic rings. The summed E-state index contributed by atoms with van der Waals surface area (Å²) in [7, 11) is 0. The van der Waals surface area contributed by atoms with Crippen LogP contribution in [0.15, 0.2) is 0 Å². The van der Waals surface area contributed by atoms with Gasteiger partial charge in [0, 0.05) is 26.2 Å². The van der Waals surface area contributed by atoms with Crippen LogP contribution < -0.4 is 0 Å². The van der Waals surface area contributed by atoms with E-state index in [1.807, 2.05) is 9.80 Å². The standard InChI is InChI=1S/C16H26N2O3/c1-16(14(19)20)6-8-17(9-7-16)15(21)18(10-12-2-3-12)11-13-4-5-13/h12-13H,2-11H2,1H3,(H,19,20). The molecule has 5 heteroatoms. The molecule has 1 N–H and O–H groups in total. The van der Waals surface area contributed by atoms with Crippen molar-refractivity contribution in [1.82, 2.24) is 9.80 Å². The van der Waals surface area contributed by atoms with Gasteiger partial charge in [-0.1, -0.05) is 0 Å². The molecule has 5 nitrogen and oxygen atoms in total. The van der Waals surface area contributed by atoms with Crippen LogP contribution >= 0.6 is 0 Å². The van der Waals surface area contributed by atoms with Crippen LogP contribution in [0.5, 0.6) is 0 Å². The number of carbonyl (C=O) groups is 2. The third-order valence-corrected chi connectivity index (χ3v) is 5.28. The molecule has 0 bridgehead atoms. The van der Waals surface area contributed by atoms with Crippen LogP contribution in [-0.2, 0) is 4.79 Å². The lowest BCUT2D eigenvalue weighted by atomic mass is 9.80. The highest BCUT2D eigenvalue weighted by atomic mass is 16.4. The van der Waals surface area contributed by atoms with Crippen molar-refractivity contribution in [1.29, 1.82) is 0 Å². The summed E-state index contributed by atoms with van der Waals surface area (Å²) in [6.45, 7) is 4.76. The molecular formula is C16H26N2O3. The van der Waals surface area contributed by atoms with Crippen molar-refractivity contribution in [3.05, 3.63) is 0 Å². The zero-order valence-corrected chi connectivity index (χ0v) is 12.9. The highest BCUT2D eigenvalue weighted by molar-refractivity contribution is 5.77.